The molecule has 0 fully saturated rings. The fourth-order valence-electron chi connectivity index (χ4n) is 0.995. The molecular formula is C10H14O3. The lowest BCUT2D eigenvalue weighted by Gasteiger charge is -2.09. The van der Waals surface area contributed by atoms with E-state index in [2.05, 4.69) is 0 Å². The number of hydrogen-bond acceptors (Lipinski definition) is 3. The Labute approximate surface area is 77.9 Å². The Balaban J connectivity index is 2.81. The number of phenolic OH excluding ortho intramolecular Hbond substituents is 1. The van der Waals surface area contributed by atoms with Gasteiger partial charge in [-0.15, -0.1) is 0 Å². The molecule has 0 aliphatic rings. The van der Waals surface area contributed by atoms with Crippen LogP contribution in [0.1, 0.15) is 13.3 Å². The van der Waals surface area contributed by atoms with Gasteiger partial charge in [-0.1, -0.05) is 13.0 Å². The monoisotopic (exact) mass is 182 g/mol. The van der Waals surface area contributed by atoms with Crippen molar-refractivity contribution in [1.82, 2.24) is 0 Å². The van der Waals surface area contributed by atoms with E-state index in [0.717, 1.165) is 6.42 Å². The molecule has 3 heteroatoms. The van der Waals surface area contributed by atoms with Crippen molar-refractivity contribution in [3.63, 3.8) is 0 Å². The predicted molar refractivity (Wildman–Crippen MR) is 50.4 cm³/mol. The van der Waals surface area contributed by atoms with Crippen LogP contribution in [0.4, 0.5) is 0 Å². The molecule has 1 aromatic rings. The summed E-state index contributed by atoms with van der Waals surface area (Å²) in [6, 6.07) is 5.19. The zero-order valence-electron chi connectivity index (χ0n) is 7.91. The zero-order valence-corrected chi connectivity index (χ0v) is 7.91. The molecule has 1 rings (SSSR count). The first-order valence-corrected chi connectivity index (χ1v) is 4.28. The predicted octanol–water partition coefficient (Wildman–Crippen LogP) is 2.19. The maximum absolute atomic E-state index is 9.57. The van der Waals surface area contributed by atoms with E-state index in [9.17, 15) is 5.11 Å². The van der Waals surface area contributed by atoms with E-state index in [1.807, 2.05) is 6.92 Å². The number of phenols is 1. The van der Waals surface area contributed by atoms with Crippen LogP contribution in [0.25, 0.3) is 0 Å². The van der Waals surface area contributed by atoms with Gasteiger partial charge in [-0.2, -0.15) is 0 Å². The molecule has 0 aliphatic carbocycles. The highest BCUT2D eigenvalue weighted by Crippen LogP contribution is 2.35. The summed E-state index contributed by atoms with van der Waals surface area (Å²) in [7, 11) is 1.51. The molecule has 1 aromatic carbocycles. The summed E-state index contributed by atoms with van der Waals surface area (Å²) >= 11 is 0. The van der Waals surface area contributed by atoms with Gasteiger partial charge in [0, 0.05) is 0 Å². The number of rotatable bonds is 4. The van der Waals surface area contributed by atoms with Gasteiger partial charge in [0.25, 0.3) is 0 Å². The van der Waals surface area contributed by atoms with Crippen molar-refractivity contribution in [2.45, 2.75) is 13.3 Å². The Morgan fingerprint density at radius 1 is 1.31 bits per heavy atom. The molecule has 0 unspecified atom stereocenters. The van der Waals surface area contributed by atoms with Crippen LogP contribution in [0, 0.1) is 0 Å². The molecule has 0 bridgehead atoms. The molecule has 0 aromatic heterocycles. The normalized spacial score (nSPS) is 9.69. The summed E-state index contributed by atoms with van der Waals surface area (Å²) in [5, 5.41) is 9.57. The van der Waals surface area contributed by atoms with Gasteiger partial charge in [-0.25, -0.2) is 0 Å². The van der Waals surface area contributed by atoms with Crippen LogP contribution in [0.2, 0.25) is 0 Å². The van der Waals surface area contributed by atoms with Crippen LogP contribution in [0.15, 0.2) is 18.2 Å². The van der Waals surface area contributed by atoms with Crippen molar-refractivity contribution in [3.8, 4) is 17.2 Å². The van der Waals surface area contributed by atoms with E-state index in [1.54, 1.807) is 18.2 Å². The second kappa shape index (κ2) is 4.60. The third-order valence-corrected chi connectivity index (χ3v) is 1.64. The van der Waals surface area contributed by atoms with Crippen LogP contribution >= 0.6 is 0 Å². The fraction of sp³-hybridized carbons (Fsp3) is 0.400. The lowest BCUT2D eigenvalue weighted by atomic mass is 10.3. The maximum atomic E-state index is 9.57. The maximum Gasteiger partial charge on any atom is 0.200 e. The van der Waals surface area contributed by atoms with E-state index in [-0.39, 0.29) is 5.75 Å². The van der Waals surface area contributed by atoms with Gasteiger partial charge < -0.3 is 14.6 Å². The molecule has 72 valence electrons. The highest BCUT2D eigenvalue weighted by atomic mass is 16.5. The summed E-state index contributed by atoms with van der Waals surface area (Å²) in [6.07, 6.45) is 0.913. The Hall–Kier alpha value is -1.38. The highest BCUT2D eigenvalue weighted by molar-refractivity contribution is 5.49. The largest absolute Gasteiger partial charge is 0.502 e. The zero-order chi connectivity index (χ0) is 9.68. The van der Waals surface area contributed by atoms with Gasteiger partial charge in [-0.05, 0) is 18.6 Å². The standard InChI is InChI=1S/C10H14O3/c1-3-7-13-9-6-4-5-8(12-2)10(9)11/h4-6,11H,3,7H2,1-2H3. The second-order valence-electron chi connectivity index (χ2n) is 2.66. The third kappa shape index (κ3) is 2.28. The summed E-state index contributed by atoms with van der Waals surface area (Å²) < 4.78 is 10.2. The molecule has 3 nitrogen and oxygen atoms in total. The van der Waals surface area contributed by atoms with Crippen LogP contribution in [0.5, 0.6) is 17.2 Å². The average molecular weight is 182 g/mol. The Morgan fingerprint density at radius 2 is 2.00 bits per heavy atom. The van der Waals surface area contributed by atoms with E-state index in [4.69, 9.17) is 9.47 Å². The summed E-state index contributed by atoms with van der Waals surface area (Å²) in [4.78, 5) is 0. The quantitative estimate of drug-likeness (QED) is 0.775. The van der Waals surface area contributed by atoms with Crippen molar-refractivity contribution in [1.29, 1.82) is 0 Å². The molecule has 0 radical (unpaired) electrons. The van der Waals surface area contributed by atoms with Crippen molar-refractivity contribution >= 4 is 0 Å². The molecule has 0 aliphatic heterocycles. The Morgan fingerprint density at radius 3 is 2.62 bits per heavy atom. The minimum atomic E-state index is 0.0680. The van der Waals surface area contributed by atoms with Crippen LogP contribution in [-0.2, 0) is 0 Å². The fourth-order valence-corrected chi connectivity index (χ4v) is 0.995. The third-order valence-electron chi connectivity index (χ3n) is 1.64. The summed E-state index contributed by atoms with van der Waals surface area (Å²) in [6.45, 7) is 2.61. The van der Waals surface area contributed by atoms with Crippen LogP contribution in [0.3, 0.4) is 0 Å². The lowest BCUT2D eigenvalue weighted by molar-refractivity contribution is 0.290. The first-order chi connectivity index (χ1) is 6.29. The van der Waals surface area contributed by atoms with Gasteiger partial charge >= 0.3 is 0 Å². The number of aromatic hydroxyl groups is 1. The molecule has 13 heavy (non-hydrogen) atoms. The number of para-hydroxylation sites is 1. The van der Waals surface area contributed by atoms with Crippen molar-refractivity contribution in [2.75, 3.05) is 13.7 Å². The molecular weight excluding hydrogens is 168 g/mol. The van der Waals surface area contributed by atoms with E-state index in [0.29, 0.717) is 18.1 Å². The smallest absolute Gasteiger partial charge is 0.200 e. The molecule has 0 amide bonds. The van der Waals surface area contributed by atoms with E-state index in [1.165, 1.54) is 7.11 Å². The Kier molecular flexibility index (Phi) is 3.43. The number of methoxy groups -OCH3 is 1. The first-order valence-electron chi connectivity index (χ1n) is 4.28. The highest BCUT2D eigenvalue weighted by Gasteiger charge is 2.06. The molecule has 0 spiro atoms. The molecule has 0 saturated heterocycles. The van der Waals surface area contributed by atoms with E-state index >= 15 is 0 Å². The number of benzene rings is 1. The van der Waals surface area contributed by atoms with Gasteiger partial charge in [0.1, 0.15) is 0 Å². The molecule has 1 N–H and O–H groups in total. The number of ether oxygens (including phenoxy) is 2. The van der Waals surface area contributed by atoms with Gasteiger partial charge in [0.2, 0.25) is 5.75 Å². The van der Waals surface area contributed by atoms with Crippen molar-refractivity contribution in [3.05, 3.63) is 18.2 Å². The average Bonchev–Trinajstić information content (AvgIpc) is 2.16. The van der Waals surface area contributed by atoms with Crippen LogP contribution < -0.4 is 9.47 Å². The van der Waals surface area contributed by atoms with Crippen molar-refractivity contribution < 1.29 is 14.6 Å². The summed E-state index contributed by atoms with van der Waals surface area (Å²) in [5.74, 6) is 0.980. The van der Waals surface area contributed by atoms with Crippen molar-refractivity contribution in [2.24, 2.45) is 0 Å². The lowest BCUT2D eigenvalue weighted by Crippen LogP contribution is -1.95. The van der Waals surface area contributed by atoms with Crippen LogP contribution in [-0.4, -0.2) is 18.8 Å². The first kappa shape index (κ1) is 9.71. The SMILES string of the molecule is CCCOc1cccc(OC)c1O. The molecule has 0 saturated carbocycles. The van der Waals surface area contributed by atoms with Gasteiger partial charge in [0.15, 0.2) is 11.5 Å². The topological polar surface area (TPSA) is 38.7 Å². The van der Waals surface area contributed by atoms with Gasteiger partial charge in [0.05, 0.1) is 13.7 Å². The van der Waals surface area contributed by atoms with E-state index < -0.39 is 0 Å². The number of hydrogen-bond donors (Lipinski definition) is 1. The summed E-state index contributed by atoms with van der Waals surface area (Å²) in [5.41, 5.74) is 0. The Bertz CT molecular complexity index is 271. The minimum absolute atomic E-state index is 0.0680. The molecule has 0 heterocycles. The van der Waals surface area contributed by atoms with Gasteiger partial charge in [-0.3, -0.25) is 0 Å². The molecule has 0 atom stereocenters. The second-order valence-corrected chi connectivity index (χ2v) is 2.66. The minimum Gasteiger partial charge on any atom is -0.502 e.